The van der Waals surface area contributed by atoms with Crippen molar-refractivity contribution < 1.29 is 20.0 Å². The van der Waals surface area contributed by atoms with Gasteiger partial charge in [0, 0.05) is 0 Å². The second-order valence-electron chi connectivity index (χ2n) is 10.7. The topological polar surface area (TPSA) is 0 Å². The molecule has 2 aliphatic rings. The molecule has 2 aromatic rings. The molecule has 31 heavy (non-hydrogen) atoms. The van der Waals surface area contributed by atoms with Crippen molar-refractivity contribution in [1.82, 2.24) is 0 Å². The minimum absolute atomic E-state index is 0.300. The number of unbranched alkanes of at least 4 members (excludes halogenated alkanes) is 2. The van der Waals surface area contributed by atoms with Gasteiger partial charge in [-0.05, 0) is 0 Å². The molecule has 0 nitrogen and oxygen atoms in total. The minimum atomic E-state index is -2.93. The fraction of sp³-hybridized carbons (Fsp3) is 0.467. The van der Waals surface area contributed by atoms with Crippen LogP contribution in [0.4, 0.5) is 0 Å². The number of allylic oxidation sites excluding steroid dienone is 6. The summed E-state index contributed by atoms with van der Waals surface area (Å²) in [6.45, 7) is 14.5. The van der Waals surface area contributed by atoms with Crippen molar-refractivity contribution >= 4 is 16.3 Å². The predicted octanol–water partition coefficient (Wildman–Crippen LogP) is 9.80. The zero-order valence-corrected chi connectivity index (χ0v) is 24.6. The molecule has 0 fully saturated rings. The summed E-state index contributed by atoms with van der Waals surface area (Å²) in [6, 6.07) is 13.9. The van der Waals surface area contributed by atoms with Crippen molar-refractivity contribution in [3.8, 4) is 0 Å². The van der Waals surface area contributed by atoms with Crippen LogP contribution in [0.1, 0.15) is 78.4 Å². The summed E-state index contributed by atoms with van der Waals surface area (Å²) in [6.07, 6.45) is 6.41. The first kappa shape index (κ1) is 23.0. The summed E-state index contributed by atoms with van der Waals surface area (Å²) in [5.74, 6) is 0. The second-order valence-corrected chi connectivity index (χ2v) is 28.1. The van der Waals surface area contributed by atoms with Gasteiger partial charge in [-0.15, -0.1) is 0 Å². The van der Waals surface area contributed by atoms with E-state index in [9.17, 15) is 0 Å². The number of fused-ring (bicyclic) bond motifs is 2. The van der Waals surface area contributed by atoms with E-state index in [-0.39, 0.29) is 0 Å². The van der Waals surface area contributed by atoms with E-state index in [4.69, 9.17) is 0 Å². The van der Waals surface area contributed by atoms with Crippen molar-refractivity contribution in [2.24, 2.45) is 0 Å². The molecule has 1 heteroatoms. The molecule has 0 saturated heterocycles. The molecule has 0 N–H and O–H groups in total. The van der Waals surface area contributed by atoms with E-state index in [0.717, 1.165) is 0 Å². The van der Waals surface area contributed by atoms with Crippen LogP contribution in [0.3, 0.4) is 0 Å². The van der Waals surface area contributed by atoms with Crippen LogP contribution in [-0.4, -0.2) is 0 Å². The maximum absolute atomic E-state index is 2.93. The monoisotopic (exact) mass is 580 g/mol. The fourth-order valence-electron chi connectivity index (χ4n) is 6.44. The number of benzene rings is 2. The summed E-state index contributed by atoms with van der Waals surface area (Å²) >= 11 is -2.93. The van der Waals surface area contributed by atoms with Gasteiger partial charge in [0.25, 0.3) is 0 Å². The molecule has 0 bridgehead atoms. The van der Waals surface area contributed by atoms with Gasteiger partial charge in [-0.25, -0.2) is 0 Å². The van der Waals surface area contributed by atoms with E-state index in [1.807, 2.05) is 3.33 Å². The Labute approximate surface area is 194 Å². The molecule has 0 atom stereocenters. The Bertz CT molecular complexity index is 1110. The summed E-state index contributed by atoms with van der Waals surface area (Å²) in [5.41, 5.74) is 11.4. The van der Waals surface area contributed by atoms with Gasteiger partial charge in [-0.2, -0.15) is 0 Å². The van der Waals surface area contributed by atoms with E-state index >= 15 is 0 Å². The van der Waals surface area contributed by atoms with Gasteiger partial charge < -0.3 is 0 Å². The van der Waals surface area contributed by atoms with Crippen molar-refractivity contribution in [1.29, 1.82) is 0 Å². The Hall–Kier alpha value is -1.21. The summed E-state index contributed by atoms with van der Waals surface area (Å²) in [7, 11) is 0. The van der Waals surface area contributed by atoms with Crippen LogP contribution >= 0.6 is 0 Å². The van der Waals surface area contributed by atoms with E-state index in [1.165, 1.54) is 42.9 Å². The average Bonchev–Trinajstić information content (AvgIpc) is 3.19. The van der Waals surface area contributed by atoms with Crippen molar-refractivity contribution in [3.05, 3.63) is 73.1 Å². The normalized spacial score (nSPS) is 18.6. The second kappa shape index (κ2) is 8.29. The number of rotatable bonds is 6. The van der Waals surface area contributed by atoms with Crippen LogP contribution in [0, 0.1) is 0 Å². The van der Waals surface area contributed by atoms with Gasteiger partial charge in [0.05, 0.1) is 0 Å². The molecule has 0 saturated carbocycles. The Morgan fingerprint density at radius 1 is 0.871 bits per heavy atom. The molecule has 0 aliphatic heterocycles. The van der Waals surface area contributed by atoms with Crippen LogP contribution in [0.2, 0.25) is 12.5 Å². The van der Waals surface area contributed by atoms with Gasteiger partial charge in [-0.1, -0.05) is 0 Å². The van der Waals surface area contributed by atoms with Crippen molar-refractivity contribution in [2.45, 2.75) is 86.2 Å². The molecule has 4 rings (SSSR count). The van der Waals surface area contributed by atoms with Crippen LogP contribution in [0.5, 0.6) is 0 Å². The summed E-state index contributed by atoms with van der Waals surface area (Å²) in [5, 5.41) is 2.80. The van der Waals surface area contributed by atoms with E-state index in [0.29, 0.717) is 3.17 Å². The fourth-order valence-corrected chi connectivity index (χ4v) is 22.6. The van der Waals surface area contributed by atoms with Crippen LogP contribution in [0.15, 0.2) is 62.0 Å². The Kier molecular flexibility index (Phi) is 6.14. The van der Waals surface area contributed by atoms with Crippen LogP contribution < -0.4 is 0 Å². The molecule has 0 spiro atoms. The molecule has 0 aromatic heterocycles. The number of hydrogen-bond acceptors (Lipinski definition) is 0. The Morgan fingerprint density at radius 2 is 1.45 bits per heavy atom. The van der Waals surface area contributed by atoms with Gasteiger partial charge in [0.2, 0.25) is 0 Å². The zero-order valence-electron chi connectivity index (χ0n) is 21.0. The van der Waals surface area contributed by atoms with Gasteiger partial charge >= 0.3 is 196 Å². The van der Waals surface area contributed by atoms with Crippen molar-refractivity contribution in [2.75, 3.05) is 0 Å². The van der Waals surface area contributed by atoms with Gasteiger partial charge in [0.15, 0.2) is 0 Å². The summed E-state index contributed by atoms with van der Waals surface area (Å²) < 4.78 is 7.69. The third kappa shape index (κ3) is 3.41. The van der Waals surface area contributed by atoms with Crippen molar-refractivity contribution in [3.63, 3.8) is 0 Å². The molecule has 0 unspecified atom stereocenters. The van der Waals surface area contributed by atoms with Crippen LogP contribution in [0.25, 0.3) is 16.3 Å². The molecular weight excluding hydrogens is 539 g/mol. The predicted molar refractivity (Wildman–Crippen MR) is 136 cm³/mol. The standard InChI is InChI=1S/C18H19.C10H15.2CH3.Hf/c1-2-3-4-7-14-10-11-17-12-15-8-5-6-9-16(15)13-18(14)17;1-6-7(2)9(4)10(5)8(6)3;;;/h5-6,8-9,12-13H,2-4,7,11H2,1H3;1-5H3;2*1H3;. The molecule has 0 heterocycles. The number of hydrogen-bond donors (Lipinski definition) is 0. The summed E-state index contributed by atoms with van der Waals surface area (Å²) in [4.78, 5) is 0. The third-order valence-corrected chi connectivity index (χ3v) is 28.1. The molecule has 164 valence electrons. The van der Waals surface area contributed by atoms with Gasteiger partial charge in [0.1, 0.15) is 0 Å². The molecule has 2 aromatic carbocycles. The molecule has 0 amide bonds. The van der Waals surface area contributed by atoms with Gasteiger partial charge in [-0.3, -0.25) is 0 Å². The first-order chi connectivity index (χ1) is 14.6. The van der Waals surface area contributed by atoms with E-state index in [2.05, 4.69) is 87.3 Å². The maximum atomic E-state index is 2.74. The molecule has 0 radical (unpaired) electrons. The average molecular weight is 579 g/mol. The first-order valence-electron chi connectivity index (χ1n) is 12.2. The Morgan fingerprint density at radius 3 is 2.03 bits per heavy atom. The zero-order chi connectivity index (χ0) is 22.6. The van der Waals surface area contributed by atoms with E-state index < -0.39 is 20.0 Å². The third-order valence-electron chi connectivity index (χ3n) is 9.25. The quantitative estimate of drug-likeness (QED) is 0.236. The Balaban J connectivity index is 1.89. The molecule has 2 aliphatic carbocycles. The van der Waals surface area contributed by atoms with E-state index in [1.54, 1.807) is 39.0 Å². The SMILES string of the molecule is CCCCCC1=[C]([Hf]([CH3])([CH3])[C]2(C)C(C)=C(C)C(C)=C2C)Cc2cc3ccccc3cc21. The van der Waals surface area contributed by atoms with Crippen LogP contribution in [-0.2, 0) is 26.4 Å². The molecular formula is C30H40Hf. The first-order valence-corrected chi connectivity index (χ1v) is 23.0.